The van der Waals surface area contributed by atoms with Crippen molar-refractivity contribution in [3.8, 4) is 10.6 Å². The van der Waals surface area contributed by atoms with Gasteiger partial charge in [0.1, 0.15) is 6.04 Å². The van der Waals surface area contributed by atoms with Crippen LogP contribution in [0.4, 0.5) is 0 Å². The quantitative estimate of drug-likeness (QED) is 0.687. The normalized spacial score (nSPS) is 19.4. The summed E-state index contributed by atoms with van der Waals surface area (Å²) in [5.41, 5.74) is 1.20. The Hall–Kier alpha value is -2.93. The first kappa shape index (κ1) is 19.4. The van der Waals surface area contributed by atoms with Gasteiger partial charge in [0.15, 0.2) is 11.5 Å². The fourth-order valence-electron chi connectivity index (χ4n) is 3.62. The number of hydrogen-bond donors (Lipinski definition) is 1. The van der Waals surface area contributed by atoms with Crippen LogP contribution in [-0.4, -0.2) is 34.5 Å². The summed E-state index contributed by atoms with van der Waals surface area (Å²) < 4.78 is 5.39. The molecule has 3 aromatic rings. The van der Waals surface area contributed by atoms with Crippen LogP contribution in [0.5, 0.6) is 0 Å². The highest BCUT2D eigenvalue weighted by atomic mass is 32.1. The van der Waals surface area contributed by atoms with Gasteiger partial charge in [0.25, 0.3) is 5.91 Å². The Morgan fingerprint density at radius 1 is 1.28 bits per heavy atom. The third-order valence-corrected chi connectivity index (χ3v) is 5.91. The van der Waals surface area contributed by atoms with Gasteiger partial charge in [-0.1, -0.05) is 55.4 Å². The Balaban J connectivity index is 1.63. The highest BCUT2D eigenvalue weighted by Gasteiger charge is 2.39. The molecule has 1 saturated heterocycles. The number of carbonyl (C=O) groups excluding carboxylic acids is 2. The Morgan fingerprint density at radius 2 is 2.07 bits per heavy atom. The van der Waals surface area contributed by atoms with Crippen LogP contribution in [-0.2, 0) is 4.79 Å². The molecule has 0 bridgehead atoms. The van der Waals surface area contributed by atoms with E-state index in [4.69, 9.17) is 4.52 Å². The molecule has 7 heteroatoms. The molecule has 1 aromatic carbocycles. The minimum absolute atomic E-state index is 0.130. The van der Waals surface area contributed by atoms with Crippen LogP contribution in [0, 0.1) is 5.92 Å². The summed E-state index contributed by atoms with van der Waals surface area (Å²) in [6.45, 7) is 4.49. The van der Waals surface area contributed by atoms with Crippen molar-refractivity contribution in [3.05, 3.63) is 65.2 Å². The second-order valence-electron chi connectivity index (χ2n) is 7.63. The number of thiophene rings is 1. The molecule has 4 rings (SSSR count). The molecule has 1 aliphatic rings. The molecule has 0 saturated carbocycles. The van der Waals surface area contributed by atoms with Crippen molar-refractivity contribution in [3.63, 3.8) is 0 Å². The number of nitrogens with zero attached hydrogens (tertiary/aromatic N) is 2. The molecule has 150 valence electrons. The van der Waals surface area contributed by atoms with Gasteiger partial charge < -0.3 is 14.7 Å². The lowest BCUT2D eigenvalue weighted by Gasteiger charge is -2.40. The first-order valence-electron chi connectivity index (χ1n) is 9.70. The second kappa shape index (κ2) is 8.21. The van der Waals surface area contributed by atoms with E-state index in [0.717, 1.165) is 10.4 Å². The van der Waals surface area contributed by atoms with Gasteiger partial charge in [-0.05, 0) is 29.3 Å². The van der Waals surface area contributed by atoms with Crippen molar-refractivity contribution in [1.82, 2.24) is 15.4 Å². The third kappa shape index (κ3) is 4.10. The van der Waals surface area contributed by atoms with Gasteiger partial charge in [0.2, 0.25) is 5.91 Å². The van der Waals surface area contributed by atoms with Gasteiger partial charge in [-0.25, -0.2) is 0 Å². The Kier molecular flexibility index (Phi) is 5.49. The highest BCUT2D eigenvalue weighted by Crippen LogP contribution is 2.28. The van der Waals surface area contributed by atoms with Crippen molar-refractivity contribution >= 4 is 23.2 Å². The molecule has 0 aliphatic carbocycles. The topological polar surface area (TPSA) is 75.4 Å². The maximum atomic E-state index is 13.3. The van der Waals surface area contributed by atoms with Gasteiger partial charge in [-0.2, -0.15) is 0 Å². The predicted octanol–water partition coefficient (Wildman–Crippen LogP) is 4.13. The molecule has 1 fully saturated rings. The molecule has 1 N–H and O–H groups in total. The molecule has 0 spiro atoms. The van der Waals surface area contributed by atoms with Crippen molar-refractivity contribution in [2.45, 2.75) is 32.4 Å². The summed E-state index contributed by atoms with van der Waals surface area (Å²) in [5, 5.41) is 9.01. The van der Waals surface area contributed by atoms with Crippen LogP contribution in [0.3, 0.4) is 0 Å². The maximum Gasteiger partial charge on any atom is 0.276 e. The predicted molar refractivity (Wildman–Crippen MR) is 111 cm³/mol. The zero-order chi connectivity index (χ0) is 20.4. The van der Waals surface area contributed by atoms with E-state index in [-0.39, 0.29) is 29.5 Å². The maximum absolute atomic E-state index is 13.3. The lowest BCUT2D eigenvalue weighted by molar-refractivity contribution is -0.130. The molecule has 2 amide bonds. The van der Waals surface area contributed by atoms with E-state index < -0.39 is 6.04 Å². The van der Waals surface area contributed by atoms with E-state index in [1.165, 1.54) is 11.3 Å². The van der Waals surface area contributed by atoms with Crippen LogP contribution in [0.1, 0.15) is 42.4 Å². The van der Waals surface area contributed by atoms with Crippen LogP contribution in [0.25, 0.3) is 10.6 Å². The van der Waals surface area contributed by atoms with E-state index in [1.807, 2.05) is 61.7 Å². The SMILES string of the molecule is CC(C)C[C@H]1C(=O)N[C@@H](c2ccccc2)CN1C(=O)c1cc(-c2cccs2)on1. The summed E-state index contributed by atoms with van der Waals surface area (Å²) in [6.07, 6.45) is 0.592. The largest absolute Gasteiger partial charge is 0.355 e. The number of aromatic nitrogens is 1. The zero-order valence-corrected chi connectivity index (χ0v) is 17.2. The third-order valence-electron chi connectivity index (χ3n) is 5.03. The molecule has 3 heterocycles. The zero-order valence-electron chi connectivity index (χ0n) is 16.4. The van der Waals surface area contributed by atoms with E-state index in [9.17, 15) is 9.59 Å². The lowest BCUT2D eigenvalue weighted by atomic mass is 9.95. The minimum Gasteiger partial charge on any atom is -0.355 e. The summed E-state index contributed by atoms with van der Waals surface area (Å²) in [7, 11) is 0. The Labute approximate surface area is 173 Å². The van der Waals surface area contributed by atoms with Crippen LogP contribution < -0.4 is 5.32 Å². The minimum atomic E-state index is -0.524. The lowest BCUT2D eigenvalue weighted by Crippen LogP contribution is -2.58. The highest BCUT2D eigenvalue weighted by molar-refractivity contribution is 7.13. The summed E-state index contributed by atoms with van der Waals surface area (Å²) in [6, 6.07) is 14.4. The Morgan fingerprint density at radius 3 is 2.76 bits per heavy atom. The summed E-state index contributed by atoms with van der Waals surface area (Å²) in [5.74, 6) is 0.422. The number of hydrogen-bond acceptors (Lipinski definition) is 5. The first-order valence-corrected chi connectivity index (χ1v) is 10.6. The van der Waals surface area contributed by atoms with Crippen LogP contribution >= 0.6 is 11.3 Å². The van der Waals surface area contributed by atoms with Crippen LogP contribution in [0.15, 0.2) is 58.4 Å². The fourth-order valence-corrected chi connectivity index (χ4v) is 4.29. The van der Waals surface area contributed by atoms with Crippen molar-refractivity contribution < 1.29 is 14.1 Å². The van der Waals surface area contributed by atoms with Crippen molar-refractivity contribution in [2.75, 3.05) is 6.54 Å². The van der Waals surface area contributed by atoms with Gasteiger partial charge in [-0.3, -0.25) is 9.59 Å². The average molecular weight is 410 g/mol. The van der Waals surface area contributed by atoms with Crippen molar-refractivity contribution in [2.24, 2.45) is 5.92 Å². The molecular formula is C22H23N3O3S. The van der Waals surface area contributed by atoms with E-state index in [0.29, 0.717) is 18.7 Å². The van der Waals surface area contributed by atoms with Crippen LogP contribution in [0.2, 0.25) is 0 Å². The van der Waals surface area contributed by atoms with E-state index in [2.05, 4.69) is 10.5 Å². The smallest absolute Gasteiger partial charge is 0.276 e. The van der Waals surface area contributed by atoms with E-state index in [1.54, 1.807) is 11.0 Å². The molecule has 2 aromatic heterocycles. The molecule has 0 unspecified atom stereocenters. The number of rotatable bonds is 5. The standard InChI is InChI=1S/C22H23N3O3S/c1-14(2)11-18-21(26)23-17(15-7-4-3-5-8-15)13-25(18)22(27)16-12-19(28-24-16)20-9-6-10-29-20/h3-10,12,14,17-18H,11,13H2,1-2H3,(H,23,26)/t17-,18+/m1/s1. The van der Waals surface area contributed by atoms with Gasteiger partial charge in [0.05, 0.1) is 10.9 Å². The van der Waals surface area contributed by atoms with Gasteiger partial charge in [-0.15, -0.1) is 11.3 Å². The number of piperazine rings is 1. The molecular weight excluding hydrogens is 386 g/mol. The molecule has 6 nitrogen and oxygen atoms in total. The average Bonchev–Trinajstić information content (AvgIpc) is 3.41. The summed E-state index contributed by atoms with van der Waals surface area (Å²) in [4.78, 5) is 28.8. The number of nitrogens with one attached hydrogen (secondary N) is 1. The number of benzene rings is 1. The first-order chi connectivity index (χ1) is 14.0. The fraction of sp³-hybridized carbons (Fsp3) is 0.318. The molecule has 2 atom stereocenters. The van der Waals surface area contributed by atoms with Crippen molar-refractivity contribution in [1.29, 1.82) is 0 Å². The Bertz CT molecular complexity index is 982. The monoisotopic (exact) mass is 409 g/mol. The second-order valence-corrected chi connectivity index (χ2v) is 8.58. The van der Waals surface area contributed by atoms with Gasteiger partial charge >= 0.3 is 0 Å². The molecule has 29 heavy (non-hydrogen) atoms. The number of amides is 2. The van der Waals surface area contributed by atoms with E-state index >= 15 is 0 Å². The molecule has 1 aliphatic heterocycles. The molecule has 0 radical (unpaired) electrons. The van der Waals surface area contributed by atoms with Gasteiger partial charge in [0, 0.05) is 12.6 Å². The summed E-state index contributed by atoms with van der Waals surface area (Å²) >= 11 is 1.52. The number of carbonyl (C=O) groups is 2.